The zero-order valence-electron chi connectivity index (χ0n) is 11.0. The molecule has 2 rings (SSSR count). The van der Waals surface area contributed by atoms with Crippen molar-refractivity contribution in [2.75, 3.05) is 0 Å². The van der Waals surface area contributed by atoms with Gasteiger partial charge < -0.3 is 0 Å². The Bertz CT molecular complexity index is 619. The Kier molecular flexibility index (Phi) is 5.16. The largest absolute Gasteiger partial charge is 0.271 e. The van der Waals surface area contributed by atoms with Crippen molar-refractivity contribution in [3.05, 3.63) is 68.4 Å². The molecule has 106 valence electrons. The smallest absolute Gasteiger partial charge is 0.127 e. The van der Waals surface area contributed by atoms with Crippen LogP contribution in [-0.2, 0) is 6.42 Å². The summed E-state index contributed by atoms with van der Waals surface area (Å²) >= 11 is 9.48. The molecule has 0 fully saturated rings. The van der Waals surface area contributed by atoms with Crippen LogP contribution in [0.2, 0.25) is 5.02 Å². The van der Waals surface area contributed by atoms with Crippen LogP contribution in [0.25, 0.3) is 0 Å². The Labute approximate surface area is 131 Å². The molecule has 2 nitrogen and oxygen atoms in total. The van der Waals surface area contributed by atoms with Crippen LogP contribution in [0.5, 0.6) is 0 Å². The van der Waals surface area contributed by atoms with Gasteiger partial charge in [-0.15, -0.1) is 0 Å². The SMILES string of the molecule is Cc1ccc(C(Cc2ccc(Br)cc2F)NN)c(Cl)c1. The van der Waals surface area contributed by atoms with Crippen molar-refractivity contribution in [3.8, 4) is 0 Å². The summed E-state index contributed by atoms with van der Waals surface area (Å²) in [6.45, 7) is 1.97. The second-order valence-corrected chi connectivity index (χ2v) is 6.01. The summed E-state index contributed by atoms with van der Waals surface area (Å²) in [6, 6.07) is 10.5. The van der Waals surface area contributed by atoms with Crippen LogP contribution in [0.3, 0.4) is 0 Å². The van der Waals surface area contributed by atoms with Crippen LogP contribution >= 0.6 is 27.5 Å². The first-order chi connectivity index (χ1) is 9.51. The highest BCUT2D eigenvalue weighted by Gasteiger charge is 2.16. The van der Waals surface area contributed by atoms with Crippen molar-refractivity contribution in [1.82, 2.24) is 5.43 Å². The van der Waals surface area contributed by atoms with E-state index >= 15 is 0 Å². The number of hydrogen-bond donors (Lipinski definition) is 2. The van der Waals surface area contributed by atoms with Crippen LogP contribution in [0.15, 0.2) is 40.9 Å². The van der Waals surface area contributed by atoms with Gasteiger partial charge in [0.2, 0.25) is 0 Å². The summed E-state index contributed by atoms with van der Waals surface area (Å²) in [6.07, 6.45) is 0.429. The fourth-order valence-corrected chi connectivity index (χ4v) is 2.78. The number of aryl methyl sites for hydroxylation is 1. The number of hydrogen-bond acceptors (Lipinski definition) is 2. The van der Waals surface area contributed by atoms with Gasteiger partial charge >= 0.3 is 0 Å². The van der Waals surface area contributed by atoms with E-state index in [1.54, 1.807) is 6.07 Å². The van der Waals surface area contributed by atoms with Crippen molar-refractivity contribution in [1.29, 1.82) is 0 Å². The third-order valence-corrected chi connectivity index (χ3v) is 3.99. The zero-order valence-corrected chi connectivity index (χ0v) is 13.3. The summed E-state index contributed by atoms with van der Waals surface area (Å²) in [5.41, 5.74) is 5.23. The average molecular weight is 358 g/mol. The van der Waals surface area contributed by atoms with Crippen molar-refractivity contribution < 1.29 is 4.39 Å². The van der Waals surface area contributed by atoms with E-state index in [1.807, 2.05) is 31.2 Å². The maximum absolute atomic E-state index is 13.9. The van der Waals surface area contributed by atoms with Gasteiger partial charge in [0.1, 0.15) is 5.82 Å². The molecule has 0 saturated heterocycles. The van der Waals surface area contributed by atoms with E-state index in [0.29, 0.717) is 21.5 Å². The van der Waals surface area contributed by atoms with Crippen molar-refractivity contribution in [2.24, 2.45) is 5.84 Å². The molecule has 0 radical (unpaired) electrons. The Hall–Kier alpha value is -0.940. The lowest BCUT2D eigenvalue weighted by Gasteiger charge is -2.18. The molecule has 0 saturated carbocycles. The molecule has 0 aromatic heterocycles. The van der Waals surface area contributed by atoms with Crippen molar-refractivity contribution in [3.63, 3.8) is 0 Å². The molecule has 0 spiro atoms. The molecule has 1 unspecified atom stereocenters. The maximum atomic E-state index is 13.9. The quantitative estimate of drug-likeness (QED) is 0.632. The highest BCUT2D eigenvalue weighted by Crippen LogP contribution is 2.27. The van der Waals surface area contributed by atoms with Crippen LogP contribution in [0.1, 0.15) is 22.7 Å². The molecule has 0 aliphatic rings. The molecular weight excluding hydrogens is 343 g/mol. The topological polar surface area (TPSA) is 38.0 Å². The molecule has 20 heavy (non-hydrogen) atoms. The Balaban J connectivity index is 2.28. The zero-order chi connectivity index (χ0) is 14.7. The normalized spacial score (nSPS) is 12.4. The van der Waals surface area contributed by atoms with Gasteiger partial charge in [0.05, 0.1) is 6.04 Å². The molecule has 0 aliphatic carbocycles. The maximum Gasteiger partial charge on any atom is 0.127 e. The number of nitrogens with one attached hydrogen (secondary N) is 1. The minimum Gasteiger partial charge on any atom is -0.271 e. The van der Waals surface area contributed by atoms with Gasteiger partial charge in [-0.3, -0.25) is 11.3 Å². The Morgan fingerprint density at radius 2 is 2.05 bits per heavy atom. The molecule has 1 atom stereocenters. The molecule has 2 aromatic rings. The lowest BCUT2D eigenvalue weighted by atomic mass is 9.98. The molecule has 3 N–H and O–H groups in total. The highest BCUT2D eigenvalue weighted by atomic mass is 79.9. The second kappa shape index (κ2) is 6.68. The van der Waals surface area contributed by atoms with Crippen LogP contribution < -0.4 is 11.3 Å². The van der Waals surface area contributed by atoms with Crippen LogP contribution in [0, 0.1) is 12.7 Å². The molecule has 0 amide bonds. The lowest BCUT2D eigenvalue weighted by molar-refractivity contribution is 0.529. The molecule has 2 aromatic carbocycles. The minimum absolute atomic E-state index is 0.237. The second-order valence-electron chi connectivity index (χ2n) is 4.68. The van der Waals surface area contributed by atoms with Gasteiger partial charge in [0, 0.05) is 9.50 Å². The fourth-order valence-electron chi connectivity index (χ4n) is 2.08. The lowest BCUT2D eigenvalue weighted by Crippen LogP contribution is -2.30. The summed E-state index contributed by atoms with van der Waals surface area (Å²) in [7, 11) is 0. The van der Waals surface area contributed by atoms with E-state index in [0.717, 1.165) is 11.1 Å². The van der Waals surface area contributed by atoms with Crippen LogP contribution in [0.4, 0.5) is 4.39 Å². The van der Waals surface area contributed by atoms with Crippen LogP contribution in [-0.4, -0.2) is 0 Å². The predicted octanol–water partition coefficient (Wildman–Crippen LogP) is 4.30. The van der Waals surface area contributed by atoms with Gasteiger partial charge in [0.15, 0.2) is 0 Å². The first-order valence-electron chi connectivity index (χ1n) is 6.17. The number of halogens is 3. The minimum atomic E-state index is -0.261. The van der Waals surface area contributed by atoms with Crippen molar-refractivity contribution >= 4 is 27.5 Å². The number of benzene rings is 2. The fraction of sp³-hybridized carbons (Fsp3) is 0.200. The van der Waals surface area contributed by atoms with E-state index in [-0.39, 0.29) is 11.9 Å². The van der Waals surface area contributed by atoms with E-state index in [9.17, 15) is 4.39 Å². The third-order valence-electron chi connectivity index (χ3n) is 3.17. The summed E-state index contributed by atoms with van der Waals surface area (Å²) in [5.74, 6) is 5.34. The average Bonchev–Trinajstić information content (AvgIpc) is 2.39. The number of rotatable bonds is 4. The molecule has 0 heterocycles. The molecular formula is C15H15BrClFN2. The first-order valence-corrected chi connectivity index (χ1v) is 7.34. The monoisotopic (exact) mass is 356 g/mol. The first kappa shape index (κ1) is 15.4. The Morgan fingerprint density at radius 3 is 2.65 bits per heavy atom. The van der Waals surface area contributed by atoms with Gasteiger partial charge in [-0.05, 0) is 48.2 Å². The van der Waals surface area contributed by atoms with E-state index in [1.165, 1.54) is 6.07 Å². The Morgan fingerprint density at radius 1 is 1.30 bits per heavy atom. The van der Waals surface area contributed by atoms with E-state index in [2.05, 4.69) is 21.4 Å². The van der Waals surface area contributed by atoms with Gasteiger partial charge in [-0.1, -0.05) is 45.7 Å². The number of nitrogens with two attached hydrogens (primary N) is 1. The summed E-state index contributed by atoms with van der Waals surface area (Å²) in [5, 5.41) is 0.630. The molecule has 5 heteroatoms. The molecule has 0 aliphatic heterocycles. The standard InChI is InChI=1S/C15H15BrClFN2/c1-9-2-5-12(13(17)6-9)15(20-19)7-10-3-4-11(16)8-14(10)18/h2-6,8,15,20H,7,19H2,1H3. The van der Waals surface area contributed by atoms with Crippen molar-refractivity contribution in [2.45, 2.75) is 19.4 Å². The summed E-state index contributed by atoms with van der Waals surface area (Å²) in [4.78, 5) is 0. The highest BCUT2D eigenvalue weighted by molar-refractivity contribution is 9.10. The van der Waals surface area contributed by atoms with E-state index < -0.39 is 0 Å². The van der Waals surface area contributed by atoms with E-state index in [4.69, 9.17) is 17.4 Å². The van der Waals surface area contributed by atoms with Gasteiger partial charge in [0.25, 0.3) is 0 Å². The predicted molar refractivity (Wildman–Crippen MR) is 84.1 cm³/mol. The van der Waals surface area contributed by atoms with Gasteiger partial charge in [-0.25, -0.2) is 4.39 Å². The number of hydrazine groups is 1. The summed E-state index contributed by atoms with van der Waals surface area (Å²) < 4.78 is 14.6. The third kappa shape index (κ3) is 3.58. The van der Waals surface area contributed by atoms with Gasteiger partial charge in [-0.2, -0.15) is 0 Å². The molecule has 0 bridgehead atoms.